The summed E-state index contributed by atoms with van der Waals surface area (Å²) in [6.45, 7) is 0. The van der Waals surface area contributed by atoms with Gasteiger partial charge in [-0.1, -0.05) is 48.5 Å². The van der Waals surface area contributed by atoms with E-state index < -0.39 is 0 Å². The molecule has 0 aliphatic heterocycles. The Kier molecular flexibility index (Phi) is 10.7. The van der Waals surface area contributed by atoms with Gasteiger partial charge in [0.25, 0.3) is 0 Å². The summed E-state index contributed by atoms with van der Waals surface area (Å²) in [4.78, 5) is 0. The number of para-hydroxylation sites is 4. The number of rotatable bonds is 14. The highest BCUT2D eigenvalue weighted by Crippen LogP contribution is 2.47. The van der Waals surface area contributed by atoms with Gasteiger partial charge in [0.05, 0.1) is 11.4 Å². The van der Waals surface area contributed by atoms with Crippen molar-refractivity contribution < 1.29 is 23.7 Å². The molecule has 6 N–H and O–H groups in total. The van der Waals surface area contributed by atoms with E-state index in [0.717, 1.165) is 11.4 Å². The standard InChI is InChI=1S/C48H38N4O5/c49-33-17-25-39(26-18-33)53-41-29-21-35(22-30-41)51-43-13-7-15-45(47(43)55-37-9-3-1-4-10-37)57-46-16-8-14-44(48(46)56-38-11-5-2-6-12-38)52-36-23-31-42(32-24-36)54-40-27-19-34(50)20-28-40/h1-32,51-52H,49-50H2. The lowest BCUT2D eigenvalue weighted by molar-refractivity contribution is 0.396. The van der Waals surface area contributed by atoms with Gasteiger partial charge < -0.3 is 45.8 Å². The number of anilines is 6. The van der Waals surface area contributed by atoms with Gasteiger partial charge in [0.2, 0.25) is 0 Å². The first kappa shape index (κ1) is 36.0. The SMILES string of the molecule is Nc1ccc(Oc2ccc(Nc3cccc(Oc4cccc(Nc5ccc(Oc6ccc(N)cc6)cc5)c4Oc4ccccc4)c3Oc3ccccc3)cc2)cc1. The first-order chi connectivity index (χ1) is 28.0. The smallest absolute Gasteiger partial charge is 0.193 e. The minimum atomic E-state index is 0.464. The topological polar surface area (TPSA) is 122 Å². The largest absolute Gasteiger partial charge is 0.457 e. The second-order valence-corrected chi connectivity index (χ2v) is 12.8. The van der Waals surface area contributed by atoms with E-state index in [1.54, 1.807) is 24.3 Å². The molecule has 0 radical (unpaired) electrons. The van der Waals surface area contributed by atoms with Gasteiger partial charge in [-0.15, -0.1) is 0 Å². The zero-order valence-corrected chi connectivity index (χ0v) is 30.7. The Bertz CT molecular complexity index is 2350. The maximum atomic E-state index is 6.74. The average Bonchev–Trinajstić information content (AvgIpc) is 3.24. The number of nitrogens with one attached hydrogen (secondary N) is 2. The lowest BCUT2D eigenvalue weighted by atomic mass is 10.2. The van der Waals surface area contributed by atoms with Crippen molar-refractivity contribution in [1.82, 2.24) is 0 Å². The molecule has 0 unspecified atom stereocenters. The third-order valence-electron chi connectivity index (χ3n) is 8.60. The van der Waals surface area contributed by atoms with Crippen LogP contribution in [0, 0.1) is 0 Å². The Labute approximate surface area is 330 Å². The quantitative estimate of drug-likeness (QED) is 0.0804. The van der Waals surface area contributed by atoms with Crippen molar-refractivity contribution in [3.05, 3.63) is 194 Å². The van der Waals surface area contributed by atoms with Gasteiger partial charge in [0, 0.05) is 22.7 Å². The minimum absolute atomic E-state index is 0.464. The van der Waals surface area contributed by atoms with Gasteiger partial charge in [0.15, 0.2) is 23.0 Å². The summed E-state index contributed by atoms with van der Waals surface area (Å²) in [6, 6.07) is 60.4. The maximum absolute atomic E-state index is 6.74. The van der Waals surface area contributed by atoms with Crippen LogP contribution in [-0.2, 0) is 0 Å². The van der Waals surface area contributed by atoms with Crippen LogP contribution < -0.4 is 45.8 Å². The maximum Gasteiger partial charge on any atom is 0.193 e. The highest BCUT2D eigenvalue weighted by Gasteiger charge is 2.19. The van der Waals surface area contributed by atoms with Crippen LogP contribution in [0.4, 0.5) is 34.1 Å². The third-order valence-corrected chi connectivity index (χ3v) is 8.60. The lowest BCUT2D eigenvalue weighted by Gasteiger charge is -2.20. The predicted molar refractivity (Wildman–Crippen MR) is 227 cm³/mol. The van der Waals surface area contributed by atoms with Gasteiger partial charge in [0.1, 0.15) is 34.5 Å². The Morgan fingerprint density at radius 1 is 0.281 bits per heavy atom. The Balaban J connectivity index is 1.09. The van der Waals surface area contributed by atoms with Crippen LogP contribution in [0.2, 0.25) is 0 Å². The van der Waals surface area contributed by atoms with Gasteiger partial charge in [-0.3, -0.25) is 0 Å². The molecule has 0 spiro atoms. The molecule has 8 aromatic rings. The second-order valence-electron chi connectivity index (χ2n) is 12.8. The first-order valence-electron chi connectivity index (χ1n) is 18.2. The van der Waals surface area contributed by atoms with Crippen LogP contribution in [0.3, 0.4) is 0 Å². The summed E-state index contributed by atoms with van der Waals surface area (Å²) in [5.74, 6) is 5.93. The van der Waals surface area contributed by atoms with E-state index in [2.05, 4.69) is 10.6 Å². The highest BCUT2D eigenvalue weighted by atomic mass is 16.5. The molecule has 0 fully saturated rings. The van der Waals surface area contributed by atoms with Crippen molar-refractivity contribution in [3.8, 4) is 57.5 Å². The monoisotopic (exact) mass is 750 g/mol. The minimum Gasteiger partial charge on any atom is -0.457 e. The van der Waals surface area contributed by atoms with Crippen molar-refractivity contribution in [1.29, 1.82) is 0 Å². The van der Waals surface area contributed by atoms with E-state index >= 15 is 0 Å². The van der Waals surface area contributed by atoms with E-state index in [0.29, 0.717) is 80.2 Å². The molecule has 57 heavy (non-hydrogen) atoms. The Morgan fingerprint density at radius 2 is 0.614 bits per heavy atom. The number of hydrogen-bond acceptors (Lipinski definition) is 9. The molecular weight excluding hydrogens is 713 g/mol. The summed E-state index contributed by atoms with van der Waals surface area (Å²) in [6.07, 6.45) is 0. The van der Waals surface area contributed by atoms with E-state index in [1.807, 2.05) is 170 Å². The molecular formula is C48H38N4O5. The van der Waals surface area contributed by atoms with Crippen molar-refractivity contribution in [3.63, 3.8) is 0 Å². The number of nitrogen functional groups attached to an aromatic ring is 2. The van der Waals surface area contributed by atoms with Crippen LogP contribution in [0.5, 0.6) is 57.5 Å². The number of benzene rings is 8. The fourth-order valence-corrected chi connectivity index (χ4v) is 5.80. The molecule has 0 saturated carbocycles. The fourth-order valence-electron chi connectivity index (χ4n) is 5.80. The fraction of sp³-hybridized carbons (Fsp3) is 0. The summed E-state index contributed by atoms with van der Waals surface area (Å²) < 4.78 is 31.8. The zero-order chi connectivity index (χ0) is 38.8. The Hall–Kier alpha value is -8.04. The summed E-state index contributed by atoms with van der Waals surface area (Å²) >= 11 is 0. The van der Waals surface area contributed by atoms with E-state index in [9.17, 15) is 0 Å². The summed E-state index contributed by atoms with van der Waals surface area (Å²) in [7, 11) is 0. The molecule has 8 rings (SSSR count). The predicted octanol–water partition coefficient (Wildman–Crippen LogP) is 13.3. The molecule has 0 atom stereocenters. The molecule has 9 nitrogen and oxygen atoms in total. The number of ether oxygens (including phenoxy) is 5. The molecule has 0 aromatic heterocycles. The lowest BCUT2D eigenvalue weighted by Crippen LogP contribution is -2.00. The highest BCUT2D eigenvalue weighted by molar-refractivity contribution is 5.74. The molecule has 0 saturated heterocycles. The van der Waals surface area contributed by atoms with E-state index in [4.69, 9.17) is 35.2 Å². The van der Waals surface area contributed by atoms with Gasteiger partial charge in [-0.25, -0.2) is 0 Å². The molecule has 8 aromatic carbocycles. The van der Waals surface area contributed by atoms with Gasteiger partial charge >= 0.3 is 0 Å². The second kappa shape index (κ2) is 17.0. The summed E-state index contributed by atoms with van der Waals surface area (Å²) in [5.41, 5.74) is 16.0. The summed E-state index contributed by atoms with van der Waals surface area (Å²) in [5, 5.41) is 7.00. The zero-order valence-electron chi connectivity index (χ0n) is 30.7. The Morgan fingerprint density at radius 3 is 0.982 bits per heavy atom. The molecule has 0 aliphatic rings. The van der Waals surface area contributed by atoms with Crippen molar-refractivity contribution in [2.75, 3.05) is 22.1 Å². The van der Waals surface area contributed by atoms with Crippen LogP contribution in [-0.4, -0.2) is 0 Å². The van der Waals surface area contributed by atoms with Crippen LogP contribution in [0.25, 0.3) is 0 Å². The molecule has 0 amide bonds. The van der Waals surface area contributed by atoms with Gasteiger partial charge in [-0.05, 0) is 146 Å². The molecule has 0 aliphatic carbocycles. The third kappa shape index (κ3) is 9.37. The van der Waals surface area contributed by atoms with Crippen molar-refractivity contribution in [2.24, 2.45) is 0 Å². The first-order valence-corrected chi connectivity index (χ1v) is 18.2. The average molecular weight is 751 g/mol. The van der Waals surface area contributed by atoms with Gasteiger partial charge in [-0.2, -0.15) is 0 Å². The van der Waals surface area contributed by atoms with Crippen LogP contribution >= 0.6 is 0 Å². The molecule has 280 valence electrons. The van der Waals surface area contributed by atoms with Crippen LogP contribution in [0.1, 0.15) is 0 Å². The van der Waals surface area contributed by atoms with E-state index in [1.165, 1.54) is 0 Å². The molecule has 0 heterocycles. The molecule has 9 heteroatoms. The normalized spacial score (nSPS) is 10.6. The molecule has 0 bridgehead atoms. The van der Waals surface area contributed by atoms with Crippen molar-refractivity contribution >= 4 is 34.1 Å². The number of nitrogens with two attached hydrogens (primary N) is 2. The van der Waals surface area contributed by atoms with Crippen molar-refractivity contribution in [2.45, 2.75) is 0 Å². The number of hydrogen-bond donors (Lipinski definition) is 4. The van der Waals surface area contributed by atoms with E-state index in [-0.39, 0.29) is 0 Å². The van der Waals surface area contributed by atoms with Crippen LogP contribution in [0.15, 0.2) is 194 Å².